The summed E-state index contributed by atoms with van der Waals surface area (Å²) in [5.41, 5.74) is 2.42. The molecular formula is C13H13ClN4O. The summed E-state index contributed by atoms with van der Waals surface area (Å²) in [6, 6.07) is 8.48. The molecule has 1 aliphatic heterocycles. The van der Waals surface area contributed by atoms with Crippen LogP contribution in [-0.2, 0) is 6.42 Å². The molecule has 0 N–H and O–H groups in total. The molecule has 0 spiro atoms. The average molecular weight is 277 g/mol. The minimum Gasteiger partial charge on any atom is -0.467 e. The third kappa shape index (κ3) is 2.33. The predicted molar refractivity (Wildman–Crippen MR) is 73.2 cm³/mol. The number of ether oxygens (including phenoxy) is 1. The number of benzene rings is 1. The Kier molecular flexibility index (Phi) is 3.21. The van der Waals surface area contributed by atoms with Crippen LogP contribution in [0, 0.1) is 0 Å². The van der Waals surface area contributed by atoms with Crippen molar-refractivity contribution >= 4 is 23.2 Å². The molecule has 0 unspecified atom stereocenters. The van der Waals surface area contributed by atoms with E-state index in [1.807, 2.05) is 12.1 Å². The largest absolute Gasteiger partial charge is 0.467 e. The molecule has 5 nitrogen and oxygen atoms in total. The van der Waals surface area contributed by atoms with Crippen LogP contribution in [-0.4, -0.2) is 28.6 Å². The Bertz CT molecular complexity index is 605. The standard InChI is InChI=1S/C13H13ClN4O/c1-19-13-16-11(14)15-12(17-13)18-8-4-6-9-5-2-3-7-10(9)18/h2-3,5,7H,4,6,8H2,1H3. The Morgan fingerprint density at radius 1 is 1.21 bits per heavy atom. The maximum absolute atomic E-state index is 5.91. The Balaban J connectivity index is 2.06. The fraction of sp³-hybridized carbons (Fsp3) is 0.308. The molecule has 0 fully saturated rings. The normalized spacial score (nSPS) is 14.1. The number of anilines is 2. The SMILES string of the molecule is COc1nc(Cl)nc(N2CCCc3ccccc32)n1. The quantitative estimate of drug-likeness (QED) is 0.844. The zero-order valence-corrected chi connectivity index (χ0v) is 11.3. The van der Waals surface area contributed by atoms with Gasteiger partial charge in [0.2, 0.25) is 11.2 Å². The molecule has 0 amide bonds. The van der Waals surface area contributed by atoms with E-state index < -0.39 is 0 Å². The smallest absolute Gasteiger partial charge is 0.322 e. The van der Waals surface area contributed by atoms with Gasteiger partial charge in [-0.25, -0.2) is 0 Å². The van der Waals surface area contributed by atoms with Crippen molar-refractivity contribution in [1.82, 2.24) is 15.0 Å². The van der Waals surface area contributed by atoms with Crippen molar-refractivity contribution in [3.63, 3.8) is 0 Å². The zero-order valence-electron chi connectivity index (χ0n) is 10.5. The number of nitrogens with zero attached hydrogens (tertiary/aromatic N) is 4. The molecule has 2 aromatic rings. The van der Waals surface area contributed by atoms with Gasteiger partial charge in [0.15, 0.2) is 0 Å². The third-order valence-electron chi connectivity index (χ3n) is 3.11. The number of hydrogen-bond donors (Lipinski definition) is 0. The summed E-state index contributed by atoms with van der Waals surface area (Å²) in [6.45, 7) is 0.862. The first-order chi connectivity index (χ1) is 9.28. The molecule has 3 rings (SSSR count). The fourth-order valence-corrected chi connectivity index (χ4v) is 2.42. The molecule has 0 radical (unpaired) electrons. The van der Waals surface area contributed by atoms with Gasteiger partial charge >= 0.3 is 6.01 Å². The lowest BCUT2D eigenvalue weighted by Crippen LogP contribution is -2.26. The van der Waals surface area contributed by atoms with Gasteiger partial charge < -0.3 is 9.64 Å². The van der Waals surface area contributed by atoms with E-state index in [0.717, 1.165) is 25.1 Å². The Morgan fingerprint density at radius 2 is 2.05 bits per heavy atom. The minimum atomic E-state index is 0.143. The van der Waals surface area contributed by atoms with E-state index in [2.05, 4.69) is 32.0 Å². The number of fused-ring (bicyclic) bond motifs is 1. The molecule has 0 saturated heterocycles. The summed E-state index contributed by atoms with van der Waals surface area (Å²) >= 11 is 5.91. The minimum absolute atomic E-state index is 0.143. The second-order valence-electron chi connectivity index (χ2n) is 4.28. The molecule has 0 bridgehead atoms. The van der Waals surface area contributed by atoms with E-state index in [4.69, 9.17) is 16.3 Å². The molecule has 0 aliphatic carbocycles. The highest BCUT2D eigenvalue weighted by atomic mass is 35.5. The van der Waals surface area contributed by atoms with Gasteiger partial charge in [0, 0.05) is 12.2 Å². The molecule has 19 heavy (non-hydrogen) atoms. The van der Waals surface area contributed by atoms with Crippen LogP contribution < -0.4 is 9.64 Å². The van der Waals surface area contributed by atoms with E-state index in [0.29, 0.717) is 5.95 Å². The van der Waals surface area contributed by atoms with Crippen LogP contribution in [0.1, 0.15) is 12.0 Å². The van der Waals surface area contributed by atoms with Gasteiger partial charge in [-0.1, -0.05) is 18.2 Å². The van der Waals surface area contributed by atoms with Crippen molar-refractivity contribution < 1.29 is 4.74 Å². The molecule has 1 aromatic heterocycles. The van der Waals surface area contributed by atoms with Crippen LogP contribution in [0.5, 0.6) is 6.01 Å². The highest BCUT2D eigenvalue weighted by molar-refractivity contribution is 6.28. The maximum Gasteiger partial charge on any atom is 0.322 e. The maximum atomic E-state index is 5.91. The predicted octanol–water partition coefficient (Wildman–Crippen LogP) is 2.62. The van der Waals surface area contributed by atoms with E-state index in [1.165, 1.54) is 12.7 Å². The summed E-state index contributed by atoms with van der Waals surface area (Å²) in [5, 5.41) is 0.143. The van der Waals surface area contributed by atoms with Crippen molar-refractivity contribution in [2.75, 3.05) is 18.6 Å². The summed E-state index contributed by atoms with van der Waals surface area (Å²) in [5.74, 6) is 0.531. The van der Waals surface area contributed by atoms with Crippen LogP contribution in [0.4, 0.5) is 11.6 Å². The second-order valence-corrected chi connectivity index (χ2v) is 4.61. The molecule has 2 heterocycles. The van der Waals surface area contributed by atoms with Crippen molar-refractivity contribution in [2.24, 2.45) is 0 Å². The summed E-state index contributed by atoms with van der Waals surface area (Å²) in [4.78, 5) is 14.4. The lowest BCUT2D eigenvalue weighted by Gasteiger charge is -2.29. The van der Waals surface area contributed by atoms with E-state index in [9.17, 15) is 0 Å². The molecule has 98 valence electrons. The van der Waals surface area contributed by atoms with E-state index >= 15 is 0 Å². The number of halogens is 1. The van der Waals surface area contributed by atoms with Gasteiger partial charge in [0.05, 0.1) is 7.11 Å². The Hall–Kier alpha value is -1.88. The van der Waals surface area contributed by atoms with Crippen molar-refractivity contribution in [2.45, 2.75) is 12.8 Å². The van der Waals surface area contributed by atoms with Gasteiger partial charge in [-0.2, -0.15) is 15.0 Å². The fourth-order valence-electron chi connectivity index (χ4n) is 2.28. The first-order valence-corrected chi connectivity index (χ1v) is 6.47. The average Bonchev–Trinajstić information content (AvgIpc) is 2.46. The second kappa shape index (κ2) is 5.01. The number of aryl methyl sites for hydroxylation is 1. The highest BCUT2D eigenvalue weighted by Crippen LogP contribution is 2.32. The lowest BCUT2D eigenvalue weighted by molar-refractivity contribution is 0.378. The monoisotopic (exact) mass is 276 g/mol. The summed E-state index contributed by atoms with van der Waals surface area (Å²) in [7, 11) is 1.51. The van der Waals surface area contributed by atoms with Gasteiger partial charge in [-0.3, -0.25) is 0 Å². The van der Waals surface area contributed by atoms with Crippen LogP contribution in [0.3, 0.4) is 0 Å². The molecule has 1 aliphatic rings. The molecule has 1 aromatic carbocycles. The molecular weight excluding hydrogens is 264 g/mol. The van der Waals surface area contributed by atoms with Gasteiger partial charge in [0.25, 0.3) is 0 Å². The van der Waals surface area contributed by atoms with Gasteiger partial charge in [-0.05, 0) is 36.1 Å². The first-order valence-electron chi connectivity index (χ1n) is 6.09. The van der Waals surface area contributed by atoms with Crippen LogP contribution in [0.2, 0.25) is 5.28 Å². The van der Waals surface area contributed by atoms with Gasteiger partial charge in [-0.15, -0.1) is 0 Å². The first kappa shape index (κ1) is 12.2. The third-order valence-corrected chi connectivity index (χ3v) is 3.28. The summed E-state index contributed by atoms with van der Waals surface area (Å²) in [6.07, 6.45) is 2.13. The lowest BCUT2D eigenvalue weighted by atomic mass is 10.0. The van der Waals surface area contributed by atoms with Crippen molar-refractivity contribution in [3.05, 3.63) is 35.1 Å². The molecule has 0 atom stereocenters. The Labute approximate surface area is 116 Å². The number of hydrogen-bond acceptors (Lipinski definition) is 5. The molecule has 0 saturated carbocycles. The molecule has 6 heteroatoms. The number of rotatable bonds is 2. The topological polar surface area (TPSA) is 51.1 Å². The summed E-state index contributed by atoms with van der Waals surface area (Å²) < 4.78 is 5.04. The van der Waals surface area contributed by atoms with Crippen LogP contribution in [0.15, 0.2) is 24.3 Å². The highest BCUT2D eigenvalue weighted by Gasteiger charge is 2.21. The van der Waals surface area contributed by atoms with E-state index in [1.54, 1.807) is 0 Å². The number of methoxy groups -OCH3 is 1. The zero-order chi connectivity index (χ0) is 13.2. The van der Waals surface area contributed by atoms with Crippen LogP contribution in [0.25, 0.3) is 0 Å². The van der Waals surface area contributed by atoms with Crippen molar-refractivity contribution in [1.29, 1.82) is 0 Å². The number of para-hydroxylation sites is 1. The number of aromatic nitrogens is 3. The Morgan fingerprint density at radius 3 is 2.89 bits per heavy atom. The van der Waals surface area contributed by atoms with Crippen LogP contribution >= 0.6 is 11.6 Å². The van der Waals surface area contributed by atoms with Crippen molar-refractivity contribution in [3.8, 4) is 6.01 Å². The van der Waals surface area contributed by atoms with E-state index in [-0.39, 0.29) is 11.3 Å². The van der Waals surface area contributed by atoms with Gasteiger partial charge in [0.1, 0.15) is 0 Å².